The monoisotopic (exact) mass is 211 g/mol. The highest BCUT2D eigenvalue weighted by molar-refractivity contribution is 4.87. The van der Waals surface area contributed by atoms with Crippen molar-refractivity contribution in [3.05, 3.63) is 0 Å². The summed E-state index contributed by atoms with van der Waals surface area (Å²) in [6.07, 6.45) is 10.9. The summed E-state index contributed by atoms with van der Waals surface area (Å²) in [4.78, 5) is 0. The van der Waals surface area contributed by atoms with E-state index in [1.54, 1.807) is 0 Å². The molecule has 2 heteroatoms. The molecule has 2 rings (SSSR count). The van der Waals surface area contributed by atoms with Gasteiger partial charge >= 0.3 is 0 Å². The third-order valence-corrected chi connectivity index (χ3v) is 4.20. The van der Waals surface area contributed by atoms with Crippen molar-refractivity contribution in [1.29, 1.82) is 0 Å². The second-order valence-electron chi connectivity index (χ2n) is 5.84. The minimum absolute atomic E-state index is 0.470. The van der Waals surface area contributed by atoms with E-state index in [2.05, 4.69) is 6.92 Å². The molecule has 1 saturated carbocycles. The standard InChI is InChI=1S/C13H25NO/c1-13(8-6-11(14)10-13)7-2-4-12-5-3-9-15-12/h11-12H,2-10,14H2,1H3. The summed E-state index contributed by atoms with van der Waals surface area (Å²) in [5.41, 5.74) is 6.52. The molecule has 1 heterocycles. The Morgan fingerprint density at radius 3 is 2.87 bits per heavy atom. The molecule has 2 N–H and O–H groups in total. The fourth-order valence-electron chi connectivity index (χ4n) is 3.23. The van der Waals surface area contributed by atoms with E-state index >= 15 is 0 Å². The summed E-state index contributed by atoms with van der Waals surface area (Å²) in [7, 11) is 0. The van der Waals surface area contributed by atoms with E-state index in [-0.39, 0.29) is 0 Å². The normalized spacial score (nSPS) is 41.2. The molecule has 0 amide bonds. The van der Waals surface area contributed by atoms with Crippen molar-refractivity contribution in [3.8, 4) is 0 Å². The van der Waals surface area contributed by atoms with E-state index in [0.717, 1.165) is 6.61 Å². The molecule has 0 aromatic carbocycles. The van der Waals surface area contributed by atoms with Gasteiger partial charge in [-0.1, -0.05) is 13.3 Å². The Bertz CT molecular complexity index is 201. The Kier molecular flexibility index (Phi) is 3.68. The maximum atomic E-state index is 5.98. The topological polar surface area (TPSA) is 35.2 Å². The first-order valence-electron chi connectivity index (χ1n) is 6.55. The van der Waals surface area contributed by atoms with E-state index < -0.39 is 0 Å². The van der Waals surface area contributed by atoms with Gasteiger partial charge in [-0.15, -0.1) is 0 Å². The van der Waals surface area contributed by atoms with Crippen LogP contribution >= 0.6 is 0 Å². The molecule has 1 aliphatic carbocycles. The third-order valence-electron chi connectivity index (χ3n) is 4.20. The van der Waals surface area contributed by atoms with Gasteiger partial charge in [0.2, 0.25) is 0 Å². The van der Waals surface area contributed by atoms with Crippen LogP contribution in [0, 0.1) is 5.41 Å². The van der Waals surface area contributed by atoms with Crippen LogP contribution in [0.1, 0.15) is 58.3 Å². The summed E-state index contributed by atoms with van der Waals surface area (Å²) in [5, 5.41) is 0. The highest BCUT2D eigenvalue weighted by atomic mass is 16.5. The first-order chi connectivity index (χ1) is 7.18. The molecule has 0 spiro atoms. The van der Waals surface area contributed by atoms with Gasteiger partial charge in [-0.2, -0.15) is 0 Å². The van der Waals surface area contributed by atoms with Crippen LogP contribution in [0.2, 0.25) is 0 Å². The molecular weight excluding hydrogens is 186 g/mol. The largest absolute Gasteiger partial charge is 0.378 e. The van der Waals surface area contributed by atoms with Crippen LogP contribution in [0.4, 0.5) is 0 Å². The Hall–Kier alpha value is -0.0800. The molecule has 15 heavy (non-hydrogen) atoms. The Morgan fingerprint density at radius 1 is 1.40 bits per heavy atom. The van der Waals surface area contributed by atoms with Gasteiger partial charge in [0.05, 0.1) is 6.10 Å². The number of hydrogen-bond donors (Lipinski definition) is 1. The molecule has 2 fully saturated rings. The fourth-order valence-corrected chi connectivity index (χ4v) is 3.23. The summed E-state index contributed by atoms with van der Waals surface area (Å²) in [6.45, 7) is 3.40. The minimum atomic E-state index is 0.470. The van der Waals surface area contributed by atoms with Crippen LogP contribution in [0.5, 0.6) is 0 Å². The zero-order chi connectivity index (χ0) is 10.7. The van der Waals surface area contributed by atoms with Crippen molar-refractivity contribution in [2.24, 2.45) is 11.1 Å². The maximum absolute atomic E-state index is 5.98. The fraction of sp³-hybridized carbons (Fsp3) is 1.00. The van der Waals surface area contributed by atoms with Crippen molar-refractivity contribution >= 4 is 0 Å². The second kappa shape index (κ2) is 4.84. The Labute approximate surface area is 93.6 Å². The Balaban J connectivity index is 1.64. The summed E-state index contributed by atoms with van der Waals surface area (Å²) in [6, 6.07) is 0.470. The van der Waals surface area contributed by atoms with E-state index in [0.29, 0.717) is 17.6 Å². The molecule has 3 atom stereocenters. The molecule has 0 radical (unpaired) electrons. The zero-order valence-corrected chi connectivity index (χ0v) is 10.0. The van der Waals surface area contributed by atoms with Gasteiger partial charge < -0.3 is 10.5 Å². The van der Waals surface area contributed by atoms with E-state index in [1.807, 2.05) is 0 Å². The predicted molar refractivity (Wildman–Crippen MR) is 62.8 cm³/mol. The van der Waals surface area contributed by atoms with Crippen molar-refractivity contribution in [3.63, 3.8) is 0 Å². The van der Waals surface area contributed by atoms with Crippen molar-refractivity contribution < 1.29 is 4.74 Å². The average Bonchev–Trinajstić information content (AvgIpc) is 2.77. The molecule has 0 bridgehead atoms. The van der Waals surface area contributed by atoms with Gasteiger partial charge in [-0.25, -0.2) is 0 Å². The van der Waals surface area contributed by atoms with Crippen LogP contribution in [0.3, 0.4) is 0 Å². The minimum Gasteiger partial charge on any atom is -0.378 e. The summed E-state index contributed by atoms with van der Waals surface area (Å²) < 4.78 is 5.65. The van der Waals surface area contributed by atoms with Crippen molar-refractivity contribution in [2.75, 3.05) is 6.61 Å². The van der Waals surface area contributed by atoms with Gasteiger partial charge in [0, 0.05) is 12.6 Å². The molecule has 1 aliphatic heterocycles. The lowest BCUT2D eigenvalue weighted by molar-refractivity contribution is 0.0982. The highest BCUT2D eigenvalue weighted by Crippen LogP contribution is 2.41. The molecule has 88 valence electrons. The van der Waals surface area contributed by atoms with Gasteiger partial charge in [-0.05, 0) is 50.4 Å². The average molecular weight is 211 g/mol. The molecule has 0 aromatic heterocycles. The first-order valence-corrected chi connectivity index (χ1v) is 6.55. The lowest BCUT2D eigenvalue weighted by Crippen LogP contribution is -2.19. The maximum Gasteiger partial charge on any atom is 0.0576 e. The van der Waals surface area contributed by atoms with Crippen LogP contribution in [0.15, 0.2) is 0 Å². The van der Waals surface area contributed by atoms with Gasteiger partial charge in [-0.3, -0.25) is 0 Å². The molecule has 2 nitrogen and oxygen atoms in total. The summed E-state index contributed by atoms with van der Waals surface area (Å²) >= 11 is 0. The van der Waals surface area contributed by atoms with Crippen LogP contribution in [-0.2, 0) is 4.74 Å². The molecule has 0 aromatic rings. The Morgan fingerprint density at radius 2 is 2.27 bits per heavy atom. The molecule has 3 unspecified atom stereocenters. The van der Waals surface area contributed by atoms with Crippen molar-refractivity contribution in [1.82, 2.24) is 0 Å². The van der Waals surface area contributed by atoms with Gasteiger partial charge in [0.25, 0.3) is 0 Å². The molecular formula is C13H25NO. The van der Waals surface area contributed by atoms with Crippen LogP contribution in [0.25, 0.3) is 0 Å². The summed E-state index contributed by atoms with van der Waals surface area (Å²) in [5.74, 6) is 0. The smallest absolute Gasteiger partial charge is 0.0576 e. The third kappa shape index (κ3) is 3.18. The zero-order valence-electron chi connectivity index (χ0n) is 10.0. The number of ether oxygens (including phenoxy) is 1. The van der Waals surface area contributed by atoms with E-state index in [9.17, 15) is 0 Å². The van der Waals surface area contributed by atoms with E-state index in [4.69, 9.17) is 10.5 Å². The quantitative estimate of drug-likeness (QED) is 0.776. The highest BCUT2D eigenvalue weighted by Gasteiger charge is 2.32. The lowest BCUT2D eigenvalue weighted by atomic mass is 9.82. The van der Waals surface area contributed by atoms with Crippen molar-refractivity contribution in [2.45, 2.75) is 70.4 Å². The van der Waals surface area contributed by atoms with Crippen LogP contribution in [-0.4, -0.2) is 18.8 Å². The molecule has 2 aliphatic rings. The first kappa shape index (κ1) is 11.4. The number of hydrogen-bond acceptors (Lipinski definition) is 2. The predicted octanol–water partition coefficient (Wildman–Crippen LogP) is 2.85. The second-order valence-corrected chi connectivity index (χ2v) is 5.84. The van der Waals surface area contributed by atoms with E-state index in [1.165, 1.54) is 51.4 Å². The number of rotatable bonds is 4. The number of nitrogens with two attached hydrogens (primary N) is 1. The lowest BCUT2D eigenvalue weighted by Gasteiger charge is -2.24. The SMILES string of the molecule is CC1(CCCC2CCCO2)CCC(N)C1. The van der Waals surface area contributed by atoms with Crippen LogP contribution < -0.4 is 5.73 Å². The van der Waals surface area contributed by atoms with Gasteiger partial charge in [0.15, 0.2) is 0 Å². The molecule has 1 saturated heterocycles. The van der Waals surface area contributed by atoms with Gasteiger partial charge in [0.1, 0.15) is 0 Å².